The zero-order valence-electron chi connectivity index (χ0n) is 14.8. The molecule has 0 fully saturated rings. The summed E-state index contributed by atoms with van der Waals surface area (Å²) < 4.78 is 11.6. The van der Waals surface area contributed by atoms with Crippen molar-refractivity contribution in [1.29, 1.82) is 0 Å². The fourth-order valence-corrected chi connectivity index (χ4v) is 3.31. The van der Waals surface area contributed by atoms with Gasteiger partial charge in [-0.25, -0.2) is 0 Å². The van der Waals surface area contributed by atoms with Crippen LogP contribution in [-0.4, -0.2) is 5.16 Å². The topological polar surface area (TPSA) is 61.3 Å². The highest BCUT2D eigenvalue weighted by Gasteiger charge is 2.23. The standard InChI is InChI=1S/C20H20Cl2N2O2/c1-11(2)20-14(10-25-13-7-8-17(23)12(3)9-13)19(24-26-20)18-15(21)5-4-6-16(18)22/h4-9,11H,10,23H2,1-3H3. The number of anilines is 1. The zero-order chi connectivity index (χ0) is 18.8. The van der Waals surface area contributed by atoms with E-state index in [-0.39, 0.29) is 12.5 Å². The lowest BCUT2D eigenvalue weighted by Crippen LogP contribution is -2.02. The first-order chi connectivity index (χ1) is 12.4. The molecule has 2 aromatic carbocycles. The Labute approximate surface area is 162 Å². The molecule has 4 nitrogen and oxygen atoms in total. The summed E-state index contributed by atoms with van der Waals surface area (Å²) >= 11 is 12.7. The van der Waals surface area contributed by atoms with Gasteiger partial charge in [0.1, 0.15) is 23.8 Å². The van der Waals surface area contributed by atoms with Gasteiger partial charge in [-0.2, -0.15) is 0 Å². The Morgan fingerprint density at radius 2 is 1.85 bits per heavy atom. The van der Waals surface area contributed by atoms with Gasteiger partial charge in [-0.1, -0.05) is 48.3 Å². The highest BCUT2D eigenvalue weighted by molar-refractivity contribution is 6.39. The van der Waals surface area contributed by atoms with Crippen molar-refractivity contribution in [3.63, 3.8) is 0 Å². The molecule has 6 heteroatoms. The Balaban J connectivity index is 1.99. The van der Waals surface area contributed by atoms with E-state index in [0.29, 0.717) is 21.3 Å². The second-order valence-corrected chi connectivity index (χ2v) is 7.25. The van der Waals surface area contributed by atoms with Crippen LogP contribution in [0.15, 0.2) is 40.9 Å². The summed E-state index contributed by atoms with van der Waals surface area (Å²) in [6.07, 6.45) is 0. The van der Waals surface area contributed by atoms with Gasteiger partial charge in [0.15, 0.2) is 0 Å². The molecule has 3 rings (SSSR count). The van der Waals surface area contributed by atoms with E-state index < -0.39 is 0 Å². The van der Waals surface area contributed by atoms with E-state index in [1.165, 1.54) is 0 Å². The number of benzene rings is 2. The van der Waals surface area contributed by atoms with Gasteiger partial charge in [0.2, 0.25) is 0 Å². The van der Waals surface area contributed by atoms with Gasteiger partial charge in [0.25, 0.3) is 0 Å². The molecule has 0 aliphatic heterocycles. The van der Waals surface area contributed by atoms with Crippen molar-refractivity contribution < 1.29 is 9.26 Å². The average Bonchev–Trinajstić information content (AvgIpc) is 3.00. The molecule has 0 aliphatic rings. The van der Waals surface area contributed by atoms with E-state index in [0.717, 1.165) is 28.3 Å². The highest BCUT2D eigenvalue weighted by Crippen LogP contribution is 2.38. The smallest absolute Gasteiger partial charge is 0.146 e. The summed E-state index contributed by atoms with van der Waals surface area (Å²) in [5.74, 6) is 1.62. The SMILES string of the molecule is Cc1cc(OCc2c(-c3c(Cl)cccc3Cl)noc2C(C)C)ccc1N. The molecular weight excluding hydrogens is 371 g/mol. The van der Waals surface area contributed by atoms with Crippen LogP contribution >= 0.6 is 23.2 Å². The third-order valence-electron chi connectivity index (χ3n) is 4.17. The molecule has 0 saturated carbocycles. The maximum Gasteiger partial charge on any atom is 0.146 e. The average molecular weight is 391 g/mol. The minimum atomic E-state index is 0.143. The van der Waals surface area contributed by atoms with Crippen molar-refractivity contribution in [2.45, 2.75) is 33.3 Å². The number of rotatable bonds is 5. The molecule has 0 atom stereocenters. The first kappa shape index (κ1) is 18.6. The Hall–Kier alpha value is -2.17. The molecular formula is C20H20Cl2N2O2. The van der Waals surface area contributed by atoms with Crippen molar-refractivity contribution in [1.82, 2.24) is 5.16 Å². The lowest BCUT2D eigenvalue weighted by Gasteiger charge is -2.11. The van der Waals surface area contributed by atoms with Crippen LogP contribution in [0.2, 0.25) is 10.0 Å². The molecule has 3 aromatic rings. The van der Waals surface area contributed by atoms with Crippen LogP contribution < -0.4 is 10.5 Å². The lowest BCUT2D eigenvalue weighted by atomic mass is 10.0. The zero-order valence-corrected chi connectivity index (χ0v) is 16.4. The molecule has 1 aromatic heterocycles. The molecule has 26 heavy (non-hydrogen) atoms. The Morgan fingerprint density at radius 3 is 2.46 bits per heavy atom. The van der Waals surface area contributed by atoms with Crippen molar-refractivity contribution in [2.24, 2.45) is 0 Å². The second-order valence-electron chi connectivity index (χ2n) is 6.43. The maximum atomic E-state index is 6.36. The Morgan fingerprint density at radius 1 is 1.15 bits per heavy atom. The fourth-order valence-electron chi connectivity index (χ4n) is 2.73. The minimum absolute atomic E-state index is 0.143. The molecule has 0 aliphatic carbocycles. The van der Waals surface area contributed by atoms with Gasteiger partial charge in [0.05, 0.1) is 15.6 Å². The molecule has 0 spiro atoms. The van der Waals surface area contributed by atoms with Crippen LogP contribution in [0.25, 0.3) is 11.3 Å². The molecule has 2 N–H and O–H groups in total. The normalized spacial score (nSPS) is 11.2. The summed E-state index contributed by atoms with van der Waals surface area (Å²) in [6.45, 7) is 6.30. The number of hydrogen-bond acceptors (Lipinski definition) is 4. The number of nitrogens with zero attached hydrogens (tertiary/aromatic N) is 1. The van der Waals surface area contributed by atoms with Gasteiger partial charge in [-0.15, -0.1) is 0 Å². The molecule has 0 bridgehead atoms. The number of hydrogen-bond donors (Lipinski definition) is 1. The van der Waals surface area contributed by atoms with E-state index >= 15 is 0 Å². The molecule has 0 radical (unpaired) electrons. The number of halogens is 2. The van der Waals surface area contributed by atoms with Crippen LogP contribution in [0.5, 0.6) is 5.75 Å². The monoisotopic (exact) mass is 390 g/mol. The van der Waals surface area contributed by atoms with Crippen molar-refractivity contribution in [2.75, 3.05) is 5.73 Å². The Kier molecular flexibility index (Phi) is 5.44. The van der Waals surface area contributed by atoms with Crippen molar-refractivity contribution >= 4 is 28.9 Å². The minimum Gasteiger partial charge on any atom is -0.489 e. The molecule has 0 amide bonds. The van der Waals surface area contributed by atoms with Gasteiger partial charge >= 0.3 is 0 Å². The van der Waals surface area contributed by atoms with Gasteiger partial charge < -0.3 is 15.0 Å². The van der Waals surface area contributed by atoms with Gasteiger partial charge in [-0.05, 0) is 42.8 Å². The number of nitrogens with two attached hydrogens (primary N) is 1. The third-order valence-corrected chi connectivity index (χ3v) is 4.80. The molecule has 136 valence electrons. The number of ether oxygens (including phenoxy) is 1. The van der Waals surface area contributed by atoms with Crippen molar-refractivity contribution in [3.8, 4) is 17.0 Å². The van der Waals surface area contributed by atoms with Crippen LogP contribution in [0.1, 0.15) is 36.7 Å². The van der Waals surface area contributed by atoms with E-state index in [2.05, 4.69) is 5.16 Å². The van der Waals surface area contributed by atoms with E-state index in [1.54, 1.807) is 18.2 Å². The van der Waals surface area contributed by atoms with E-state index in [4.69, 9.17) is 38.2 Å². The van der Waals surface area contributed by atoms with Gasteiger partial charge in [-0.3, -0.25) is 0 Å². The summed E-state index contributed by atoms with van der Waals surface area (Å²) in [5, 5.41) is 5.27. The van der Waals surface area contributed by atoms with Crippen LogP contribution in [-0.2, 0) is 6.61 Å². The molecule has 0 saturated heterocycles. The number of nitrogen functional groups attached to an aromatic ring is 1. The van der Waals surface area contributed by atoms with Crippen molar-refractivity contribution in [3.05, 3.63) is 63.3 Å². The Bertz CT molecular complexity index is 915. The number of aryl methyl sites for hydroxylation is 1. The predicted molar refractivity (Wildman–Crippen MR) is 106 cm³/mol. The predicted octanol–water partition coefficient (Wildman–Crippen LogP) is 6.24. The molecule has 0 unspecified atom stereocenters. The van der Waals surface area contributed by atoms with Crippen LogP contribution in [0, 0.1) is 6.92 Å². The van der Waals surface area contributed by atoms with Crippen LogP contribution in [0.4, 0.5) is 5.69 Å². The summed E-state index contributed by atoms with van der Waals surface area (Å²) in [4.78, 5) is 0. The first-order valence-electron chi connectivity index (χ1n) is 8.30. The lowest BCUT2D eigenvalue weighted by molar-refractivity contribution is 0.298. The van der Waals surface area contributed by atoms with Crippen LogP contribution in [0.3, 0.4) is 0 Å². The number of aromatic nitrogens is 1. The largest absolute Gasteiger partial charge is 0.489 e. The van der Waals surface area contributed by atoms with E-state index in [9.17, 15) is 0 Å². The highest BCUT2D eigenvalue weighted by atomic mass is 35.5. The first-order valence-corrected chi connectivity index (χ1v) is 9.05. The fraction of sp³-hybridized carbons (Fsp3) is 0.250. The van der Waals surface area contributed by atoms with E-state index in [1.807, 2.05) is 39.0 Å². The summed E-state index contributed by atoms with van der Waals surface area (Å²) in [7, 11) is 0. The molecule has 1 heterocycles. The maximum absolute atomic E-state index is 6.36. The second kappa shape index (κ2) is 7.60. The summed E-state index contributed by atoms with van der Waals surface area (Å²) in [6, 6.07) is 10.9. The van der Waals surface area contributed by atoms with Gasteiger partial charge in [0, 0.05) is 17.2 Å². The quantitative estimate of drug-likeness (QED) is 0.523. The summed E-state index contributed by atoms with van der Waals surface area (Å²) in [5.41, 5.74) is 9.66. The third kappa shape index (κ3) is 3.67.